The predicted octanol–water partition coefficient (Wildman–Crippen LogP) is 23.0. The van der Waals surface area contributed by atoms with Crippen LogP contribution in [-0.2, 0) is 14.3 Å². The molecule has 0 bridgehead atoms. The van der Waals surface area contributed by atoms with Crippen molar-refractivity contribution in [1.82, 2.24) is 5.32 Å². The highest BCUT2D eigenvalue weighted by Gasteiger charge is 2.20. The lowest BCUT2D eigenvalue weighted by Crippen LogP contribution is -2.45. The maximum Gasteiger partial charge on any atom is 0.305 e. The van der Waals surface area contributed by atoms with Crippen molar-refractivity contribution in [3.8, 4) is 0 Å². The van der Waals surface area contributed by atoms with Crippen LogP contribution in [0.5, 0.6) is 0 Å². The summed E-state index contributed by atoms with van der Waals surface area (Å²) in [5.74, 6) is -0.00401. The third-order valence-corrected chi connectivity index (χ3v) is 17.2. The summed E-state index contributed by atoms with van der Waals surface area (Å²) in [6.07, 6.45) is 81.6. The van der Waals surface area contributed by atoms with Crippen LogP contribution in [0.2, 0.25) is 0 Å². The van der Waals surface area contributed by atoms with Gasteiger partial charge in [-0.15, -0.1) is 0 Å². The van der Waals surface area contributed by atoms with E-state index in [0.717, 1.165) is 38.5 Å². The third-order valence-electron chi connectivity index (χ3n) is 17.2. The Kier molecular flexibility index (Phi) is 66.4. The van der Waals surface area contributed by atoms with Crippen molar-refractivity contribution in [2.24, 2.45) is 0 Å². The normalized spacial score (nSPS) is 12.4. The van der Waals surface area contributed by atoms with Gasteiger partial charge in [-0.1, -0.05) is 380 Å². The molecule has 0 aromatic heterocycles. The van der Waals surface area contributed by atoms with E-state index in [1.54, 1.807) is 0 Å². The summed E-state index contributed by atoms with van der Waals surface area (Å²) in [5, 5.41) is 23.4. The lowest BCUT2D eigenvalue weighted by molar-refractivity contribution is -0.143. The van der Waals surface area contributed by atoms with Crippen molar-refractivity contribution in [3.05, 3.63) is 0 Å². The Morgan fingerprint density at radius 1 is 0.312 bits per heavy atom. The largest absolute Gasteiger partial charge is 0.466 e. The fraction of sp³-hybridized carbons (Fsp3) is 0.972. The first-order valence-corrected chi connectivity index (χ1v) is 35.8. The molecule has 0 heterocycles. The van der Waals surface area contributed by atoms with Gasteiger partial charge in [-0.2, -0.15) is 0 Å². The average molecular weight is 1090 g/mol. The number of carbonyl (C=O) groups excluding carboxylic acids is 2. The number of aliphatic hydroxyl groups excluding tert-OH is 2. The van der Waals surface area contributed by atoms with Crippen molar-refractivity contribution in [3.63, 3.8) is 0 Å². The SMILES string of the molecule is CCCCCCCCCCCCCCCCCCC(=O)OCCCCCCCCCCCCCCCCCCCCCCCCCCCCCCC(=O)NC(CO)C(O)CCCCCCCCCCCCCCCCCC. The van der Waals surface area contributed by atoms with E-state index in [-0.39, 0.29) is 18.5 Å². The van der Waals surface area contributed by atoms with Gasteiger partial charge >= 0.3 is 5.97 Å². The van der Waals surface area contributed by atoms with Gasteiger partial charge in [0.05, 0.1) is 25.4 Å². The van der Waals surface area contributed by atoms with Crippen molar-refractivity contribution in [2.45, 2.75) is 431 Å². The summed E-state index contributed by atoms with van der Waals surface area (Å²) in [7, 11) is 0. The summed E-state index contributed by atoms with van der Waals surface area (Å²) in [5.41, 5.74) is 0. The molecule has 0 saturated carbocycles. The number of unbranched alkanes of at least 4 members (excludes halogenated alkanes) is 57. The first-order valence-electron chi connectivity index (χ1n) is 35.8. The molecule has 0 saturated heterocycles. The van der Waals surface area contributed by atoms with Crippen LogP contribution in [-0.4, -0.2) is 47.4 Å². The first-order chi connectivity index (χ1) is 38.0. The number of carbonyl (C=O) groups is 2. The number of aliphatic hydroxyl groups is 2. The highest BCUT2D eigenvalue weighted by molar-refractivity contribution is 5.76. The van der Waals surface area contributed by atoms with Crippen molar-refractivity contribution in [2.75, 3.05) is 13.2 Å². The number of rotatable bonds is 68. The molecule has 6 heteroatoms. The van der Waals surface area contributed by atoms with Crippen LogP contribution in [0.25, 0.3) is 0 Å². The van der Waals surface area contributed by atoms with Gasteiger partial charge in [0.25, 0.3) is 0 Å². The smallest absolute Gasteiger partial charge is 0.305 e. The second kappa shape index (κ2) is 67.4. The minimum atomic E-state index is -0.661. The Labute approximate surface area is 483 Å². The van der Waals surface area contributed by atoms with Crippen molar-refractivity contribution in [1.29, 1.82) is 0 Å². The molecule has 2 unspecified atom stereocenters. The van der Waals surface area contributed by atoms with Crippen LogP contribution in [0.4, 0.5) is 0 Å². The number of esters is 1. The number of hydrogen-bond acceptors (Lipinski definition) is 5. The zero-order chi connectivity index (χ0) is 55.7. The monoisotopic (exact) mass is 1090 g/mol. The summed E-state index contributed by atoms with van der Waals surface area (Å²) < 4.78 is 5.51. The molecule has 0 aliphatic rings. The summed E-state index contributed by atoms with van der Waals surface area (Å²) in [6.45, 7) is 5.01. The van der Waals surface area contributed by atoms with E-state index in [1.165, 1.54) is 347 Å². The van der Waals surface area contributed by atoms with E-state index < -0.39 is 12.1 Å². The van der Waals surface area contributed by atoms with Crippen LogP contribution >= 0.6 is 0 Å². The molecule has 0 spiro atoms. The van der Waals surface area contributed by atoms with E-state index >= 15 is 0 Å². The molecule has 460 valence electrons. The summed E-state index contributed by atoms with van der Waals surface area (Å²) in [6, 6.07) is -0.538. The van der Waals surface area contributed by atoms with E-state index in [9.17, 15) is 19.8 Å². The van der Waals surface area contributed by atoms with Gasteiger partial charge in [-0.3, -0.25) is 9.59 Å². The van der Waals surface area contributed by atoms with Crippen LogP contribution in [0, 0.1) is 0 Å². The second-order valence-electron chi connectivity index (χ2n) is 24.9. The molecule has 0 aromatic rings. The molecule has 0 fully saturated rings. The Morgan fingerprint density at radius 2 is 0.532 bits per heavy atom. The molecule has 0 radical (unpaired) electrons. The molecule has 0 aromatic carbocycles. The molecule has 77 heavy (non-hydrogen) atoms. The standard InChI is InChI=1S/C71H141NO5/c1-3-5-7-9-11-13-15-17-19-35-39-43-47-51-55-59-63-69(74)68(67-73)72-70(75)64-60-56-52-48-44-40-36-33-31-29-27-25-23-21-22-24-26-28-30-32-34-38-42-46-50-54-58-62-66-77-71(76)65-61-57-53-49-45-41-37-20-18-16-14-12-10-8-6-4-2/h68-69,73-74H,3-67H2,1-2H3,(H,72,75). The maximum absolute atomic E-state index is 12.5. The number of amides is 1. The lowest BCUT2D eigenvalue weighted by atomic mass is 10.0. The Morgan fingerprint density at radius 3 is 0.792 bits per heavy atom. The molecular formula is C71H141NO5. The number of nitrogens with one attached hydrogen (secondary N) is 1. The average Bonchev–Trinajstić information content (AvgIpc) is 3.43. The van der Waals surface area contributed by atoms with Gasteiger partial charge in [-0.25, -0.2) is 0 Å². The van der Waals surface area contributed by atoms with E-state index in [0.29, 0.717) is 25.9 Å². The summed E-state index contributed by atoms with van der Waals surface area (Å²) in [4.78, 5) is 24.6. The molecule has 0 aliphatic carbocycles. The fourth-order valence-electron chi connectivity index (χ4n) is 11.7. The first kappa shape index (κ1) is 75.9. The van der Waals surface area contributed by atoms with Gasteiger partial charge in [0.2, 0.25) is 5.91 Å². The second-order valence-corrected chi connectivity index (χ2v) is 24.9. The van der Waals surface area contributed by atoms with E-state index in [4.69, 9.17) is 4.74 Å². The van der Waals surface area contributed by atoms with Gasteiger partial charge in [0.15, 0.2) is 0 Å². The molecule has 3 N–H and O–H groups in total. The minimum Gasteiger partial charge on any atom is -0.466 e. The van der Waals surface area contributed by atoms with Crippen LogP contribution in [0.3, 0.4) is 0 Å². The number of ether oxygens (including phenoxy) is 1. The van der Waals surface area contributed by atoms with Crippen LogP contribution in [0.1, 0.15) is 418 Å². The Balaban J connectivity index is 3.32. The van der Waals surface area contributed by atoms with Crippen LogP contribution < -0.4 is 5.32 Å². The molecule has 1 amide bonds. The number of hydrogen-bond donors (Lipinski definition) is 3. The fourth-order valence-corrected chi connectivity index (χ4v) is 11.7. The Hall–Kier alpha value is -1.14. The predicted molar refractivity (Wildman–Crippen MR) is 338 cm³/mol. The maximum atomic E-state index is 12.5. The van der Waals surface area contributed by atoms with Gasteiger partial charge in [0, 0.05) is 12.8 Å². The topological polar surface area (TPSA) is 95.9 Å². The zero-order valence-corrected chi connectivity index (χ0v) is 52.7. The van der Waals surface area contributed by atoms with Crippen LogP contribution in [0.15, 0.2) is 0 Å². The lowest BCUT2D eigenvalue weighted by Gasteiger charge is -2.22. The van der Waals surface area contributed by atoms with Gasteiger partial charge < -0.3 is 20.3 Å². The highest BCUT2D eigenvalue weighted by atomic mass is 16.5. The molecule has 0 rings (SSSR count). The molecule has 0 aliphatic heterocycles. The Bertz CT molecular complexity index is 1120. The molecule has 6 nitrogen and oxygen atoms in total. The summed E-state index contributed by atoms with van der Waals surface area (Å²) >= 11 is 0. The molecular weight excluding hydrogens is 947 g/mol. The van der Waals surface area contributed by atoms with Crippen molar-refractivity contribution < 1.29 is 24.5 Å². The van der Waals surface area contributed by atoms with Gasteiger partial charge in [0.1, 0.15) is 0 Å². The molecule has 2 atom stereocenters. The van der Waals surface area contributed by atoms with E-state index in [1.807, 2.05) is 0 Å². The quantitative estimate of drug-likeness (QED) is 0.0417. The van der Waals surface area contributed by atoms with E-state index in [2.05, 4.69) is 19.2 Å². The van der Waals surface area contributed by atoms with Crippen molar-refractivity contribution >= 4 is 11.9 Å². The zero-order valence-electron chi connectivity index (χ0n) is 52.7. The highest BCUT2D eigenvalue weighted by Crippen LogP contribution is 2.20. The third kappa shape index (κ3) is 63.9. The minimum absolute atomic E-state index is 0.0236. The van der Waals surface area contributed by atoms with Gasteiger partial charge in [-0.05, 0) is 25.7 Å².